The van der Waals surface area contributed by atoms with Gasteiger partial charge in [-0.3, -0.25) is 9.69 Å². The van der Waals surface area contributed by atoms with E-state index in [1.165, 1.54) is 5.56 Å². The van der Waals surface area contributed by atoms with Crippen LogP contribution in [0.4, 0.5) is 0 Å². The summed E-state index contributed by atoms with van der Waals surface area (Å²) in [5, 5.41) is 0. The van der Waals surface area contributed by atoms with E-state index < -0.39 is 0 Å². The zero-order chi connectivity index (χ0) is 16.5. The van der Waals surface area contributed by atoms with Crippen molar-refractivity contribution in [2.24, 2.45) is 0 Å². The third-order valence-electron chi connectivity index (χ3n) is 5.02. The summed E-state index contributed by atoms with van der Waals surface area (Å²) >= 11 is 0. The summed E-state index contributed by atoms with van der Waals surface area (Å²) < 4.78 is 11.2. The SMILES string of the molecule is Cc1occc1C(=O)N1C[C@@H]2OCCN(Cc3ccccc3)[C@H]2C1. The summed E-state index contributed by atoms with van der Waals surface area (Å²) in [5.74, 6) is 0.718. The Morgan fingerprint density at radius 1 is 1.21 bits per heavy atom. The van der Waals surface area contributed by atoms with Gasteiger partial charge in [0, 0.05) is 26.2 Å². The van der Waals surface area contributed by atoms with Crippen LogP contribution in [0.5, 0.6) is 0 Å². The van der Waals surface area contributed by atoms with Crippen molar-refractivity contribution in [3.63, 3.8) is 0 Å². The van der Waals surface area contributed by atoms with Crippen molar-refractivity contribution < 1.29 is 13.9 Å². The number of amides is 1. The maximum Gasteiger partial charge on any atom is 0.257 e. The number of aryl methyl sites for hydroxylation is 1. The number of hydrogen-bond acceptors (Lipinski definition) is 4. The monoisotopic (exact) mass is 326 g/mol. The van der Waals surface area contributed by atoms with Crippen molar-refractivity contribution in [2.45, 2.75) is 25.6 Å². The highest BCUT2D eigenvalue weighted by Crippen LogP contribution is 2.26. The number of benzene rings is 1. The van der Waals surface area contributed by atoms with Crippen LogP contribution < -0.4 is 0 Å². The van der Waals surface area contributed by atoms with E-state index in [0.717, 1.165) is 19.7 Å². The van der Waals surface area contributed by atoms with Crippen molar-refractivity contribution in [2.75, 3.05) is 26.2 Å². The second-order valence-electron chi connectivity index (χ2n) is 6.53. The van der Waals surface area contributed by atoms with Gasteiger partial charge >= 0.3 is 0 Å². The van der Waals surface area contributed by atoms with E-state index in [1.807, 2.05) is 17.9 Å². The minimum atomic E-state index is 0.0407. The standard InChI is InChI=1S/C19H22N2O3/c1-14-16(7-9-23-14)19(22)21-12-17-18(13-21)24-10-8-20(17)11-15-5-3-2-4-6-15/h2-7,9,17-18H,8,10-13H2,1H3/t17-,18-/m0/s1. The largest absolute Gasteiger partial charge is 0.469 e. The van der Waals surface area contributed by atoms with Gasteiger partial charge in [-0.25, -0.2) is 0 Å². The van der Waals surface area contributed by atoms with E-state index in [2.05, 4.69) is 29.2 Å². The molecule has 2 aromatic rings. The average molecular weight is 326 g/mol. The molecule has 0 radical (unpaired) electrons. The lowest BCUT2D eigenvalue weighted by molar-refractivity contribution is -0.0503. The first-order chi connectivity index (χ1) is 11.7. The second kappa shape index (κ2) is 6.42. The van der Waals surface area contributed by atoms with Gasteiger partial charge in [0.2, 0.25) is 0 Å². The molecule has 3 heterocycles. The van der Waals surface area contributed by atoms with Crippen LogP contribution in [0.1, 0.15) is 21.7 Å². The van der Waals surface area contributed by atoms with E-state index in [1.54, 1.807) is 12.3 Å². The van der Waals surface area contributed by atoms with Gasteiger partial charge in [0.15, 0.2) is 0 Å². The predicted molar refractivity (Wildman–Crippen MR) is 89.7 cm³/mol. The van der Waals surface area contributed by atoms with Crippen molar-refractivity contribution in [3.8, 4) is 0 Å². The first-order valence-corrected chi connectivity index (χ1v) is 8.45. The lowest BCUT2D eigenvalue weighted by atomic mass is 10.1. The van der Waals surface area contributed by atoms with Crippen LogP contribution in [0, 0.1) is 6.92 Å². The highest BCUT2D eigenvalue weighted by Gasteiger charge is 2.42. The van der Waals surface area contributed by atoms with Crippen LogP contribution in [0.2, 0.25) is 0 Å². The molecule has 1 aromatic carbocycles. The molecule has 2 saturated heterocycles. The van der Waals surface area contributed by atoms with Gasteiger partial charge < -0.3 is 14.1 Å². The minimum Gasteiger partial charge on any atom is -0.469 e. The molecule has 0 saturated carbocycles. The maximum absolute atomic E-state index is 12.7. The first kappa shape index (κ1) is 15.4. The molecule has 0 aliphatic carbocycles. The lowest BCUT2D eigenvalue weighted by Crippen LogP contribution is -2.50. The van der Waals surface area contributed by atoms with Gasteiger partial charge in [-0.1, -0.05) is 30.3 Å². The summed E-state index contributed by atoms with van der Waals surface area (Å²) in [4.78, 5) is 17.1. The summed E-state index contributed by atoms with van der Waals surface area (Å²) in [7, 11) is 0. The molecule has 126 valence electrons. The van der Waals surface area contributed by atoms with Crippen LogP contribution in [0.25, 0.3) is 0 Å². The van der Waals surface area contributed by atoms with Gasteiger partial charge in [-0.05, 0) is 18.6 Å². The molecule has 5 heteroatoms. The molecule has 2 aliphatic heterocycles. The molecular formula is C19H22N2O3. The van der Waals surface area contributed by atoms with E-state index in [4.69, 9.17) is 9.15 Å². The van der Waals surface area contributed by atoms with E-state index >= 15 is 0 Å². The number of fused-ring (bicyclic) bond motifs is 1. The zero-order valence-electron chi connectivity index (χ0n) is 13.9. The number of ether oxygens (including phenoxy) is 1. The van der Waals surface area contributed by atoms with Crippen molar-refractivity contribution in [1.29, 1.82) is 0 Å². The van der Waals surface area contributed by atoms with Gasteiger partial charge in [0.1, 0.15) is 5.76 Å². The summed E-state index contributed by atoms with van der Waals surface area (Å²) in [5.41, 5.74) is 1.96. The number of carbonyl (C=O) groups excluding carboxylic acids is 1. The molecule has 4 rings (SSSR count). The summed E-state index contributed by atoms with van der Waals surface area (Å²) in [6.45, 7) is 5.72. The Hall–Kier alpha value is -2.11. The van der Waals surface area contributed by atoms with Gasteiger partial charge in [0.05, 0.1) is 30.6 Å². The number of likely N-dealkylation sites (tertiary alicyclic amines) is 1. The Balaban J connectivity index is 1.48. The van der Waals surface area contributed by atoms with Crippen LogP contribution >= 0.6 is 0 Å². The molecule has 0 N–H and O–H groups in total. The quantitative estimate of drug-likeness (QED) is 0.868. The molecular weight excluding hydrogens is 304 g/mol. The predicted octanol–water partition coefficient (Wildman–Crippen LogP) is 2.31. The van der Waals surface area contributed by atoms with Crippen LogP contribution in [-0.4, -0.2) is 54.1 Å². The Bertz CT molecular complexity index is 712. The zero-order valence-corrected chi connectivity index (χ0v) is 13.9. The fraction of sp³-hybridized carbons (Fsp3) is 0.421. The molecule has 0 spiro atoms. The highest BCUT2D eigenvalue weighted by molar-refractivity contribution is 5.95. The number of furan rings is 1. The smallest absolute Gasteiger partial charge is 0.257 e. The third kappa shape index (κ3) is 2.85. The Labute approximate surface area is 141 Å². The maximum atomic E-state index is 12.7. The molecule has 2 fully saturated rings. The van der Waals surface area contributed by atoms with Gasteiger partial charge in [0.25, 0.3) is 5.91 Å². The number of hydrogen-bond donors (Lipinski definition) is 0. The van der Waals surface area contributed by atoms with Gasteiger partial charge in [-0.2, -0.15) is 0 Å². The molecule has 0 unspecified atom stereocenters. The van der Waals surface area contributed by atoms with Crippen molar-refractivity contribution in [1.82, 2.24) is 9.80 Å². The van der Waals surface area contributed by atoms with E-state index in [-0.39, 0.29) is 18.1 Å². The minimum absolute atomic E-state index is 0.0407. The number of carbonyl (C=O) groups is 1. The average Bonchev–Trinajstić information content (AvgIpc) is 3.22. The summed E-state index contributed by atoms with van der Waals surface area (Å²) in [6.07, 6.45) is 1.67. The molecule has 1 amide bonds. The number of nitrogens with zero attached hydrogens (tertiary/aromatic N) is 2. The van der Waals surface area contributed by atoms with Crippen LogP contribution in [-0.2, 0) is 11.3 Å². The number of rotatable bonds is 3. The Morgan fingerprint density at radius 3 is 2.79 bits per heavy atom. The molecule has 5 nitrogen and oxygen atoms in total. The Morgan fingerprint density at radius 2 is 2.04 bits per heavy atom. The highest BCUT2D eigenvalue weighted by atomic mass is 16.5. The molecule has 2 atom stereocenters. The fourth-order valence-corrected chi connectivity index (χ4v) is 3.72. The molecule has 0 bridgehead atoms. The number of morpholine rings is 1. The fourth-order valence-electron chi connectivity index (χ4n) is 3.72. The molecule has 1 aromatic heterocycles. The van der Waals surface area contributed by atoms with Crippen molar-refractivity contribution >= 4 is 5.91 Å². The topological polar surface area (TPSA) is 45.9 Å². The first-order valence-electron chi connectivity index (χ1n) is 8.45. The molecule has 2 aliphatic rings. The van der Waals surface area contributed by atoms with E-state index in [0.29, 0.717) is 24.4 Å². The van der Waals surface area contributed by atoms with Crippen LogP contribution in [0.15, 0.2) is 47.1 Å². The second-order valence-corrected chi connectivity index (χ2v) is 6.53. The molecule has 24 heavy (non-hydrogen) atoms. The lowest BCUT2D eigenvalue weighted by Gasteiger charge is -2.36. The Kier molecular flexibility index (Phi) is 4.12. The third-order valence-corrected chi connectivity index (χ3v) is 5.02. The van der Waals surface area contributed by atoms with Crippen molar-refractivity contribution in [3.05, 3.63) is 59.5 Å². The van der Waals surface area contributed by atoms with Gasteiger partial charge in [-0.15, -0.1) is 0 Å². The summed E-state index contributed by atoms with van der Waals surface area (Å²) in [6, 6.07) is 12.5. The van der Waals surface area contributed by atoms with E-state index in [9.17, 15) is 4.79 Å². The van der Waals surface area contributed by atoms with Crippen LogP contribution in [0.3, 0.4) is 0 Å². The normalized spacial score (nSPS) is 24.1.